The van der Waals surface area contributed by atoms with Gasteiger partial charge >= 0.3 is 0 Å². The van der Waals surface area contributed by atoms with Crippen molar-refractivity contribution in [2.75, 3.05) is 13.1 Å². The second kappa shape index (κ2) is 9.67. The van der Waals surface area contributed by atoms with Crippen LogP contribution in [0.15, 0.2) is 54.6 Å². The number of benzene rings is 2. The van der Waals surface area contributed by atoms with Crippen LogP contribution < -0.4 is 4.43 Å². The second-order valence-corrected chi connectivity index (χ2v) is 15.1. The predicted octanol–water partition coefficient (Wildman–Crippen LogP) is 6.41. The van der Waals surface area contributed by atoms with E-state index in [1.807, 2.05) is 24.3 Å². The molecule has 1 saturated heterocycles. The molecule has 1 fully saturated rings. The maximum atomic E-state index is 10.8. The van der Waals surface area contributed by atoms with E-state index in [4.69, 9.17) is 4.43 Å². The van der Waals surface area contributed by atoms with E-state index >= 15 is 0 Å². The minimum atomic E-state index is -1.83. The van der Waals surface area contributed by atoms with Gasteiger partial charge in [0.1, 0.15) is 5.75 Å². The molecule has 4 heteroatoms. The Balaban J connectivity index is 1.48. The third-order valence-corrected chi connectivity index (χ3v) is 11.3. The molecule has 0 bridgehead atoms. The monoisotopic (exact) mass is 425 g/mol. The van der Waals surface area contributed by atoms with Crippen LogP contribution in [0.5, 0.6) is 5.75 Å². The zero-order valence-electron chi connectivity index (χ0n) is 19.4. The summed E-state index contributed by atoms with van der Waals surface area (Å²) in [5.74, 6) is 1.52. The van der Waals surface area contributed by atoms with Gasteiger partial charge in [-0.3, -0.25) is 4.90 Å². The summed E-state index contributed by atoms with van der Waals surface area (Å²) in [6, 6.07) is 18.8. The lowest BCUT2D eigenvalue weighted by molar-refractivity contribution is 0.106. The number of hydrogen-bond acceptors (Lipinski definition) is 3. The van der Waals surface area contributed by atoms with Crippen molar-refractivity contribution >= 4 is 8.32 Å². The van der Waals surface area contributed by atoms with Crippen LogP contribution in [0.3, 0.4) is 0 Å². The molecule has 0 amide bonds. The lowest BCUT2D eigenvalue weighted by atomic mass is 9.89. The number of aliphatic hydroxyl groups is 1. The van der Waals surface area contributed by atoms with E-state index in [-0.39, 0.29) is 5.04 Å². The number of aliphatic hydroxyl groups excluding tert-OH is 1. The van der Waals surface area contributed by atoms with Crippen LogP contribution >= 0.6 is 0 Å². The van der Waals surface area contributed by atoms with Crippen molar-refractivity contribution in [1.82, 2.24) is 4.90 Å². The number of likely N-dealkylation sites (tertiary alicyclic amines) is 1. The van der Waals surface area contributed by atoms with Gasteiger partial charge in [-0.2, -0.15) is 0 Å². The Morgan fingerprint density at radius 1 is 1.00 bits per heavy atom. The van der Waals surface area contributed by atoms with E-state index < -0.39 is 14.4 Å². The van der Waals surface area contributed by atoms with Crippen molar-refractivity contribution in [3.63, 3.8) is 0 Å². The Hall–Kier alpha value is -1.62. The van der Waals surface area contributed by atoms with Crippen LogP contribution in [0.1, 0.15) is 57.3 Å². The third-order valence-electron chi connectivity index (χ3n) is 6.96. The third kappa shape index (κ3) is 6.19. The molecule has 1 atom stereocenters. The van der Waals surface area contributed by atoms with E-state index in [0.29, 0.717) is 5.92 Å². The lowest BCUT2D eigenvalue weighted by Crippen LogP contribution is -2.43. The molecule has 0 aromatic heterocycles. The van der Waals surface area contributed by atoms with Crippen LogP contribution in [0.25, 0.3) is 0 Å². The molecule has 30 heavy (non-hydrogen) atoms. The summed E-state index contributed by atoms with van der Waals surface area (Å²) in [6.45, 7) is 14.6. The van der Waals surface area contributed by atoms with Crippen LogP contribution in [0.4, 0.5) is 0 Å². The predicted molar refractivity (Wildman–Crippen MR) is 128 cm³/mol. The van der Waals surface area contributed by atoms with Gasteiger partial charge in [-0.05, 0) is 79.7 Å². The Morgan fingerprint density at radius 2 is 1.60 bits per heavy atom. The van der Waals surface area contributed by atoms with Crippen molar-refractivity contribution in [2.45, 2.75) is 70.8 Å². The maximum Gasteiger partial charge on any atom is 0.250 e. The van der Waals surface area contributed by atoms with Gasteiger partial charge < -0.3 is 9.53 Å². The van der Waals surface area contributed by atoms with Crippen molar-refractivity contribution in [3.8, 4) is 5.75 Å². The van der Waals surface area contributed by atoms with Gasteiger partial charge in [0, 0.05) is 6.54 Å². The van der Waals surface area contributed by atoms with E-state index in [2.05, 4.69) is 69.1 Å². The van der Waals surface area contributed by atoms with Crippen LogP contribution in [-0.2, 0) is 6.54 Å². The average Bonchev–Trinajstić information content (AvgIpc) is 2.70. The summed E-state index contributed by atoms with van der Waals surface area (Å²) >= 11 is 0. The molecule has 0 saturated carbocycles. The fourth-order valence-corrected chi connectivity index (χ4v) is 4.91. The van der Waals surface area contributed by atoms with Gasteiger partial charge in [-0.1, -0.05) is 63.2 Å². The minimum absolute atomic E-state index is 0.181. The topological polar surface area (TPSA) is 32.7 Å². The first-order valence-corrected chi connectivity index (χ1v) is 14.3. The molecule has 3 rings (SSSR count). The van der Waals surface area contributed by atoms with Crippen molar-refractivity contribution in [1.29, 1.82) is 0 Å². The maximum absolute atomic E-state index is 10.8. The fraction of sp³-hybridized carbons (Fsp3) is 0.538. The van der Waals surface area contributed by atoms with Gasteiger partial charge in [0.25, 0.3) is 0 Å². The highest BCUT2D eigenvalue weighted by molar-refractivity contribution is 6.74. The second-order valence-electron chi connectivity index (χ2n) is 10.4. The summed E-state index contributed by atoms with van der Waals surface area (Å²) in [7, 11) is -1.83. The zero-order chi connectivity index (χ0) is 21.8. The van der Waals surface area contributed by atoms with Crippen LogP contribution in [0, 0.1) is 5.92 Å². The van der Waals surface area contributed by atoms with Crippen LogP contribution in [-0.4, -0.2) is 31.4 Å². The van der Waals surface area contributed by atoms with E-state index in [0.717, 1.165) is 50.2 Å². The molecule has 2 aromatic carbocycles. The van der Waals surface area contributed by atoms with Gasteiger partial charge in [0.2, 0.25) is 8.32 Å². The quantitative estimate of drug-likeness (QED) is 0.521. The molecule has 164 valence electrons. The van der Waals surface area contributed by atoms with E-state index in [9.17, 15) is 5.11 Å². The molecule has 1 unspecified atom stereocenters. The SMILES string of the molecule is CC(C)(C)[Si](C)(C)Oc1ccc(C(O)CC2CCN(Cc3ccccc3)CC2)cc1. The van der Waals surface area contributed by atoms with Crippen LogP contribution in [0.2, 0.25) is 18.1 Å². The number of piperidine rings is 1. The largest absolute Gasteiger partial charge is 0.544 e. The highest BCUT2D eigenvalue weighted by Gasteiger charge is 2.38. The average molecular weight is 426 g/mol. The molecule has 3 nitrogen and oxygen atoms in total. The molecule has 1 aliphatic rings. The molecule has 1 aliphatic heterocycles. The standard InChI is InChI=1S/C26H39NO2Si/c1-26(2,3)30(4,5)29-24-13-11-23(12-14-24)25(28)19-21-15-17-27(18-16-21)20-22-9-7-6-8-10-22/h6-14,21,25,28H,15-20H2,1-5H3. The molecule has 0 aliphatic carbocycles. The van der Waals surface area contributed by atoms with Crippen molar-refractivity contribution in [2.24, 2.45) is 5.92 Å². The van der Waals surface area contributed by atoms with E-state index in [1.165, 1.54) is 5.56 Å². The van der Waals surface area contributed by atoms with Gasteiger partial charge in [-0.25, -0.2) is 0 Å². The normalized spacial score (nSPS) is 17.7. The Bertz CT molecular complexity index is 775. The Morgan fingerprint density at radius 3 is 2.17 bits per heavy atom. The number of nitrogens with zero attached hydrogens (tertiary/aromatic N) is 1. The molecule has 2 aromatic rings. The Labute approximate surface area is 184 Å². The van der Waals surface area contributed by atoms with Crippen molar-refractivity contribution in [3.05, 3.63) is 65.7 Å². The van der Waals surface area contributed by atoms with Crippen molar-refractivity contribution < 1.29 is 9.53 Å². The first kappa shape index (κ1) is 23.0. The van der Waals surface area contributed by atoms with Gasteiger partial charge in [0.15, 0.2) is 0 Å². The minimum Gasteiger partial charge on any atom is -0.544 e. The molecular formula is C26H39NO2Si. The first-order chi connectivity index (χ1) is 14.1. The van der Waals surface area contributed by atoms with Gasteiger partial charge in [0.05, 0.1) is 6.10 Å². The lowest BCUT2D eigenvalue weighted by Gasteiger charge is -2.36. The first-order valence-electron chi connectivity index (χ1n) is 11.4. The highest BCUT2D eigenvalue weighted by Crippen LogP contribution is 2.37. The summed E-state index contributed by atoms with van der Waals surface area (Å²) < 4.78 is 6.36. The number of hydrogen-bond donors (Lipinski definition) is 1. The fourth-order valence-electron chi connectivity index (χ4n) is 3.88. The summed E-state index contributed by atoms with van der Waals surface area (Å²) in [6.07, 6.45) is 2.78. The summed E-state index contributed by atoms with van der Waals surface area (Å²) in [4.78, 5) is 2.53. The molecular weight excluding hydrogens is 386 g/mol. The summed E-state index contributed by atoms with van der Waals surface area (Å²) in [5, 5.41) is 11.0. The van der Waals surface area contributed by atoms with Gasteiger partial charge in [-0.15, -0.1) is 0 Å². The highest BCUT2D eigenvalue weighted by atomic mass is 28.4. The zero-order valence-corrected chi connectivity index (χ0v) is 20.4. The molecule has 0 radical (unpaired) electrons. The smallest absolute Gasteiger partial charge is 0.250 e. The van der Waals surface area contributed by atoms with E-state index in [1.54, 1.807) is 0 Å². The number of rotatable bonds is 7. The summed E-state index contributed by atoms with van der Waals surface area (Å²) in [5.41, 5.74) is 2.39. The molecule has 1 heterocycles. The molecule has 0 spiro atoms. The molecule has 1 N–H and O–H groups in total. The Kier molecular flexibility index (Phi) is 7.43.